The number of nitrogens with one attached hydrogen (secondary N) is 1. The number of ether oxygens (including phenoxy) is 1. The Balaban J connectivity index is 1.37. The molecule has 1 fully saturated rings. The van der Waals surface area contributed by atoms with Crippen molar-refractivity contribution in [3.63, 3.8) is 0 Å². The Morgan fingerprint density at radius 3 is 2.19 bits per heavy atom. The van der Waals surface area contributed by atoms with E-state index in [-0.39, 0.29) is 5.91 Å². The number of hydrogen-bond acceptors (Lipinski definition) is 5. The number of carbonyl (C=O) groups excluding carboxylic acids is 1. The van der Waals surface area contributed by atoms with E-state index in [1.165, 1.54) is 12.8 Å². The molecule has 6 heteroatoms. The summed E-state index contributed by atoms with van der Waals surface area (Å²) in [5.74, 6) is 1.94. The molecule has 0 atom stereocenters. The molecule has 136 valence electrons. The Hall–Kier alpha value is -3.41. The highest BCUT2D eigenvalue weighted by Crippen LogP contribution is 2.22. The van der Waals surface area contributed by atoms with Gasteiger partial charge in [0, 0.05) is 18.7 Å². The van der Waals surface area contributed by atoms with Gasteiger partial charge in [0.25, 0.3) is 5.91 Å². The second kappa shape index (κ2) is 7.86. The zero-order valence-corrected chi connectivity index (χ0v) is 14.8. The Kier molecular flexibility index (Phi) is 4.96. The molecule has 0 bridgehead atoms. The fraction of sp³-hybridized carbons (Fsp3) is 0.190. The van der Waals surface area contributed by atoms with Crippen molar-refractivity contribution in [1.29, 1.82) is 0 Å². The molecule has 0 radical (unpaired) electrons. The van der Waals surface area contributed by atoms with Crippen molar-refractivity contribution in [3.8, 4) is 11.5 Å². The van der Waals surface area contributed by atoms with Gasteiger partial charge in [0.2, 0.25) is 5.95 Å². The number of nitrogens with zero attached hydrogens (tertiary/aromatic N) is 3. The Morgan fingerprint density at radius 1 is 0.889 bits per heavy atom. The number of aromatic nitrogens is 2. The summed E-state index contributed by atoms with van der Waals surface area (Å²) in [5, 5.41) is 2.82. The van der Waals surface area contributed by atoms with Crippen LogP contribution < -0.4 is 15.0 Å². The third-order valence-electron chi connectivity index (χ3n) is 4.38. The molecule has 1 amide bonds. The van der Waals surface area contributed by atoms with Crippen LogP contribution in [-0.2, 0) is 0 Å². The van der Waals surface area contributed by atoms with Crippen molar-refractivity contribution in [2.45, 2.75) is 12.8 Å². The summed E-state index contributed by atoms with van der Waals surface area (Å²) in [6, 6.07) is 16.5. The van der Waals surface area contributed by atoms with E-state index in [4.69, 9.17) is 4.74 Å². The average Bonchev–Trinajstić information content (AvgIpc) is 3.25. The zero-order chi connectivity index (χ0) is 18.5. The lowest BCUT2D eigenvalue weighted by Gasteiger charge is -2.14. The molecule has 1 saturated heterocycles. The van der Waals surface area contributed by atoms with E-state index in [2.05, 4.69) is 20.2 Å². The number of rotatable bonds is 5. The van der Waals surface area contributed by atoms with Crippen LogP contribution in [0, 0.1) is 0 Å². The molecule has 2 heterocycles. The van der Waals surface area contributed by atoms with Gasteiger partial charge in [-0.05, 0) is 49.2 Å². The molecule has 1 N–H and O–H groups in total. The second-order valence-corrected chi connectivity index (χ2v) is 6.36. The van der Waals surface area contributed by atoms with Crippen LogP contribution in [0.25, 0.3) is 0 Å². The summed E-state index contributed by atoms with van der Waals surface area (Å²) < 4.78 is 5.74. The molecule has 0 spiro atoms. The van der Waals surface area contributed by atoms with Gasteiger partial charge in [0.1, 0.15) is 11.5 Å². The standard InChI is InChI=1S/C21H20N4O2/c26-20(24-17-14-22-21(23-15-17)25-12-4-5-13-25)16-8-10-19(11-9-16)27-18-6-2-1-3-7-18/h1-3,6-11,14-15H,4-5,12-13H2,(H,24,26). The second-order valence-electron chi connectivity index (χ2n) is 6.36. The first-order valence-electron chi connectivity index (χ1n) is 8.99. The summed E-state index contributed by atoms with van der Waals surface area (Å²) in [4.78, 5) is 23.3. The Morgan fingerprint density at radius 2 is 1.52 bits per heavy atom. The Bertz CT molecular complexity index is 890. The van der Waals surface area contributed by atoms with Gasteiger partial charge in [-0.2, -0.15) is 0 Å². The maximum atomic E-state index is 12.4. The van der Waals surface area contributed by atoms with Gasteiger partial charge >= 0.3 is 0 Å². The van der Waals surface area contributed by atoms with Crippen LogP contribution in [0.2, 0.25) is 0 Å². The molecule has 4 rings (SSSR count). The quantitative estimate of drug-likeness (QED) is 0.741. The van der Waals surface area contributed by atoms with Gasteiger partial charge in [-0.3, -0.25) is 4.79 Å². The predicted octanol–water partition coefficient (Wildman–Crippen LogP) is 4.12. The van der Waals surface area contributed by atoms with Crippen molar-refractivity contribution in [1.82, 2.24) is 9.97 Å². The SMILES string of the molecule is O=C(Nc1cnc(N2CCCC2)nc1)c1ccc(Oc2ccccc2)cc1. The van der Waals surface area contributed by atoms with Crippen molar-refractivity contribution in [2.24, 2.45) is 0 Å². The first kappa shape index (κ1) is 17.0. The molecule has 0 aliphatic carbocycles. The van der Waals surface area contributed by atoms with Crippen LogP contribution in [0.3, 0.4) is 0 Å². The fourth-order valence-electron chi connectivity index (χ4n) is 2.97. The largest absolute Gasteiger partial charge is 0.457 e. The average molecular weight is 360 g/mol. The van der Waals surface area contributed by atoms with Gasteiger partial charge in [-0.15, -0.1) is 0 Å². The van der Waals surface area contributed by atoms with Crippen molar-refractivity contribution >= 4 is 17.5 Å². The normalized spacial score (nSPS) is 13.4. The van der Waals surface area contributed by atoms with Crippen LogP contribution in [0.5, 0.6) is 11.5 Å². The number of carbonyl (C=O) groups is 1. The van der Waals surface area contributed by atoms with Crippen LogP contribution in [0.4, 0.5) is 11.6 Å². The molecular formula is C21H20N4O2. The molecular weight excluding hydrogens is 340 g/mol. The Labute approximate surface area is 157 Å². The number of hydrogen-bond donors (Lipinski definition) is 1. The van der Waals surface area contributed by atoms with E-state index in [0.717, 1.165) is 18.8 Å². The third kappa shape index (κ3) is 4.23. The number of benzene rings is 2. The fourth-order valence-corrected chi connectivity index (χ4v) is 2.97. The molecule has 3 aromatic rings. The first-order chi connectivity index (χ1) is 13.3. The molecule has 1 aromatic heterocycles. The maximum Gasteiger partial charge on any atom is 0.255 e. The van der Waals surface area contributed by atoms with Gasteiger partial charge in [0.15, 0.2) is 0 Å². The molecule has 0 unspecified atom stereocenters. The van der Waals surface area contributed by atoms with E-state index in [1.54, 1.807) is 36.7 Å². The lowest BCUT2D eigenvalue weighted by molar-refractivity contribution is 0.102. The minimum atomic E-state index is -0.209. The van der Waals surface area contributed by atoms with Crippen LogP contribution in [0.15, 0.2) is 67.0 Å². The topological polar surface area (TPSA) is 67.4 Å². The predicted molar refractivity (Wildman–Crippen MR) is 104 cm³/mol. The van der Waals surface area contributed by atoms with Crippen LogP contribution in [-0.4, -0.2) is 29.0 Å². The number of anilines is 2. The van der Waals surface area contributed by atoms with E-state index >= 15 is 0 Å². The minimum Gasteiger partial charge on any atom is -0.457 e. The summed E-state index contributed by atoms with van der Waals surface area (Å²) in [6.07, 6.45) is 5.63. The first-order valence-corrected chi connectivity index (χ1v) is 8.99. The highest BCUT2D eigenvalue weighted by atomic mass is 16.5. The smallest absolute Gasteiger partial charge is 0.255 e. The van der Waals surface area contributed by atoms with E-state index in [1.807, 2.05) is 30.3 Å². The van der Waals surface area contributed by atoms with Crippen molar-refractivity contribution in [3.05, 3.63) is 72.6 Å². The van der Waals surface area contributed by atoms with Crippen molar-refractivity contribution < 1.29 is 9.53 Å². The van der Waals surface area contributed by atoms with Crippen LogP contribution in [0.1, 0.15) is 23.2 Å². The molecule has 0 saturated carbocycles. The molecule has 1 aliphatic rings. The molecule has 6 nitrogen and oxygen atoms in total. The number of para-hydroxylation sites is 1. The number of amides is 1. The van der Waals surface area contributed by atoms with Gasteiger partial charge in [0.05, 0.1) is 18.1 Å². The lowest BCUT2D eigenvalue weighted by Crippen LogP contribution is -2.20. The van der Waals surface area contributed by atoms with Crippen molar-refractivity contribution in [2.75, 3.05) is 23.3 Å². The van der Waals surface area contributed by atoms with E-state index < -0.39 is 0 Å². The maximum absolute atomic E-state index is 12.4. The van der Waals surface area contributed by atoms with Gasteiger partial charge in [-0.25, -0.2) is 9.97 Å². The summed E-state index contributed by atoms with van der Waals surface area (Å²) in [5.41, 5.74) is 1.12. The highest BCUT2D eigenvalue weighted by Gasteiger charge is 2.15. The monoisotopic (exact) mass is 360 g/mol. The highest BCUT2D eigenvalue weighted by molar-refractivity contribution is 6.04. The molecule has 1 aliphatic heterocycles. The summed E-state index contributed by atoms with van der Waals surface area (Å²) in [7, 11) is 0. The van der Waals surface area contributed by atoms with Crippen LogP contribution >= 0.6 is 0 Å². The lowest BCUT2D eigenvalue weighted by atomic mass is 10.2. The van der Waals surface area contributed by atoms with E-state index in [9.17, 15) is 4.79 Å². The van der Waals surface area contributed by atoms with Gasteiger partial charge in [-0.1, -0.05) is 18.2 Å². The van der Waals surface area contributed by atoms with E-state index in [0.29, 0.717) is 22.9 Å². The molecule has 2 aromatic carbocycles. The summed E-state index contributed by atoms with van der Waals surface area (Å²) in [6.45, 7) is 1.98. The van der Waals surface area contributed by atoms with Gasteiger partial charge < -0.3 is 15.0 Å². The minimum absolute atomic E-state index is 0.209. The molecule has 27 heavy (non-hydrogen) atoms. The summed E-state index contributed by atoms with van der Waals surface area (Å²) >= 11 is 0. The zero-order valence-electron chi connectivity index (χ0n) is 14.8. The third-order valence-corrected chi connectivity index (χ3v) is 4.38.